The maximum Gasteiger partial charge on any atom is 1.00 e. The van der Waals surface area contributed by atoms with Gasteiger partial charge in [-0.15, -0.1) is 0 Å². The second-order valence-electron chi connectivity index (χ2n) is 3.21. The number of benzene rings is 1. The Kier molecular flexibility index (Phi) is 7.58. The van der Waals surface area contributed by atoms with Crippen LogP contribution in [-0.2, 0) is 11.1 Å². The van der Waals surface area contributed by atoms with Gasteiger partial charge in [0, 0.05) is 4.47 Å². The van der Waals surface area contributed by atoms with Crippen LogP contribution in [0.5, 0.6) is 0 Å². The van der Waals surface area contributed by atoms with E-state index in [-0.39, 0.29) is 62.5 Å². The van der Waals surface area contributed by atoms with Gasteiger partial charge >= 0.3 is 64.3 Å². The molecule has 0 aromatic heterocycles. The number of methoxy groups -OCH3 is 1. The van der Waals surface area contributed by atoms with E-state index < -0.39 is 19.3 Å². The van der Waals surface area contributed by atoms with Crippen molar-refractivity contribution in [3.05, 3.63) is 33.8 Å². The quantitative estimate of drug-likeness (QED) is 0.582. The van der Waals surface area contributed by atoms with E-state index in [4.69, 9.17) is 0 Å². The van der Waals surface area contributed by atoms with Gasteiger partial charge in [-0.2, -0.15) is 0 Å². The molecule has 0 bridgehead atoms. The summed E-state index contributed by atoms with van der Waals surface area (Å²) < 4.78 is 41.5. The summed E-state index contributed by atoms with van der Waals surface area (Å²) in [5.74, 6) is -0.650. The van der Waals surface area contributed by atoms with Gasteiger partial charge in [-0.05, 0) is 18.2 Å². The number of rotatable bonds is 3. The molecular weight excluding hydrogens is 327 g/mol. The van der Waals surface area contributed by atoms with Crippen molar-refractivity contribution >= 4 is 28.9 Å². The van der Waals surface area contributed by atoms with Crippen LogP contribution in [0.2, 0.25) is 0 Å². The number of hydrogen-bond acceptors (Lipinski definition) is 2. The molecule has 0 N–H and O–H groups in total. The molecule has 0 radical (unpaired) electrons. The van der Waals surface area contributed by atoms with Gasteiger partial charge in [-0.25, -0.2) is 4.79 Å². The summed E-state index contributed by atoms with van der Waals surface area (Å²) in [6.07, 6.45) is -1.02. The number of hydrogen-bond donors (Lipinski definition) is 0. The summed E-state index contributed by atoms with van der Waals surface area (Å²) >= 11 is 3.01. The number of halogens is 4. The predicted molar refractivity (Wildman–Crippen MR) is 58.3 cm³/mol. The molecule has 0 aliphatic rings. The van der Waals surface area contributed by atoms with Gasteiger partial charge in [-0.3, -0.25) is 0 Å². The van der Waals surface area contributed by atoms with Gasteiger partial charge in [0.05, 0.1) is 12.7 Å². The molecule has 1 rings (SSSR count). The summed E-state index contributed by atoms with van der Waals surface area (Å²) in [5, 5.41) is 0. The Morgan fingerprint density at radius 2 is 2.00 bits per heavy atom. The van der Waals surface area contributed by atoms with E-state index in [1.54, 1.807) is 0 Å². The van der Waals surface area contributed by atoms with Gasteiger partial charge in [0.1, 0.15) is 0 Å². The second-order valence-corrected chi connectivity index (χ2v) is 4.07. The molecule has 0 unspecified atom stereocenters. The smallest absolute Gasteiger partial charge is 0.465 e. The van der Waals surface area contributed by atoms with Crippen molar-refractivity contribution in [1.82, 2.24) is 0 Å². The molecule has 88 valence electrons. The number of carbonyl (C=O) groups is 1. The molecule has 8 heteroatoms. The van der Waals surface area contributed by atoms with Gasteiger partial charge in [0.25, 0.3) is 0 Å². The molecule has 17 heavy (non-hydrogen) atoms. The topological polar surface area (TPSA) is 26.3 Å². The molecule has 2 nitrogen and oxygen atoms in total. The standard InChI is InChI=1S/C9H8BBrF3O2.K/c1-16-9(15)6-2-3-8(11)7(4-6)5-10(12,13)14;/h2-4H,5H2,1H3;/q-1;+1. The first-order valence-electron chi connectivity index (χ1n) is 4.41. The van der Waals surface area contributed by atoms with Crippen molar-refractivity contribution in [3.8, 4) is 0 Å². The first-order valence-corrected chi connectivity index (χ1v) is 5.20. The number of carbonyl (C=O) groups excluding carboxylic acids is 1. The molecule has 0 saturated carbocycles. The van der Waals surface area contributed by atoms with E-state index in [9.17, 15) is 17.7 Å². The van der Waals surface area contributed by atoms with E-state index in [1.807, 2.05) is 0 Å². The SMILES string of the molecule is COC(=O)c1ccc(Br)c(C[B-](F)(F)F)c1.[K+]. The van der Waals surface area contributed by atoms with Crippen LogP contribution in [0.3, 0.4) is 0 Å². The zero-order valence-electron chi connectivity index (χ0n) is 9.34. The molecule has 0 aliphatic carbocycles. The molecule has 0 atom stereocenters. The fraction of sp³-hybridized carbons (Fsp3) is 0.222. The number of ether oxygens (including phenoxy) is 1. The molecule has 1 aromatic carbocycles. The van der Waals surface area contributed by atoms with E-state index >= 15 is 0 Å². The fourth-order valence-corrected chi connectivity index (χ4v) is 1.63. The molecule has 0 fully saturated rings. The Hall–Kier alpha value is 0.661. The third-order valence-electron chi connectivity index (χ3n) is 1.92. The Bertz CT molecular complexity index is 412. The maximum atomic E-state index is 12.3. The minimum atomic E-state index is -4.93. The van der Waals surface area contributed by atoms with Crippen LogP contribution < -0.4 is 51.4 Å². The van der Waals surface area contributed by atoms with E-state index in [0.717, 1.165) is 0 Å². The second kappa shape index (κ2) is 7.30. The summed E-state index contributed by atoms with van der Waals surface area (Å²) in [5.41, 5.74) is 0.149. The molecule has 0 aliphatic heterocycles. The molecular formula is C9H8BBrF3KO2. The van der Waals surface area contributed by atoms with Gasteiger partial charge in [0.2, 0.25) is 0 Å². The van der Waals surface area contributed by atoms with E-state index in [1.165, 1.54) is 25.3 Å². The van der Waals surface area contributed by atoms with Crippen molar-refractivity contribution in [2.45, 2.75) is 6.32 Å². The van der Waals surface area contributed by atoms with Crippen LogP contribution in [0, 0.1) is 0 Å². The van der Waals surface area contributed by atoms with Crippen LogP contribution in [0.1, 0.15) is 15.9 Å². The third-order valence-corrected chi connectivity index (χ3v) is 2.69. The molecule has 0 amide bonds. The largest absolute Gasteiger partial charge is 1.00 e. The Balaban J connectivity index is 0.00000256. The summed E-state index contributed by atoms with van der Waals surface area (Å²) in [7, 11) is 1.18. The molecule has 1 aromatic rings. The molecule has 0 saturated heterocycles. The fourth-order valence-electron chi connectivity index (χ4n) is 1.23. The van der Waals surface area contributed by atoms with Crippen molar-refractivity contribution in [2.75, 3.05) is 7.11 Å². The summed E-state index contributed by atoms with van der Waals surface area (Å²) in [6.45, 7) is -4.93. The minimum absolute atomic E-state index is 0. The average Bonchev–Trinajstić information content (AvgIpc) is 2.18. The van der Waals surface area contributed by atoms with Crippen LogP contribution >= 0.6 is 15.9 Å². The zero-order valence-corrected chi connectivity index (χ0v) is 14.1. The van der Waals surface area contributed by atoms with Crippen LogP contribution in [0.15, 0.2) is 22.7 Å². The number of esters is 1. The van der Waals surface area contributed by atoms with Gasteiger partial charge in [-0.1, -0.05) is 27.8 Å². The van der Waals surface area contributed by atoms with Crippen molar-refractivity contribution < 1.29 is 73.9 Å². The first-order chi connectivity index (χ1) is 7.33. The van der Waals surface area contributed by atoms with Crippen molar-refractivity contribution in [3.63, 3.8) is 0 Å². The summed E-state index contributed by atoms with van der Waals surface area (Å²) in [4.78, 5) is 11.1. The zero-order chi connectivity index (χ0) is 12.3. The Morgan fingerprint density at radius 3 is 2.47 bits per heavy atom. The van der Waals surface area contributed by atoms with Crippen LogP contribution in [0.4, 0.5) is 12.9 Å². The van der Waals surface area contributed by atoms with Gasteiger partial charge in [0.15, 0.2) is 0 Å². The van der Waals surface area contributed by atoms with Crippen LogP contribution in [-0.4, -0.2) is 20.1 Å². The first kappa shape index (κ1) is 17.7. The molecule has 0 heterocycles. The van der Waals surface area contributed by atoms with Crippen LogP contribution in [0.25, 0.3) is 0 Å². The molecule has 0 spiro atoms. The average molecular weight is 335 g/mol. The van der Waals surface area contributed by atoms with E-state index in [2.05, 4.69) is 20.7 Å². The van der Waals surface area contributed by atoms with Crippen molar-refractivity contribution in [2.24, 2.45) is 0 Å². The normalized spacial score (nSPS) is 10.6. The monoisotopic (exact) mass is 334 g/mol. The van der Waals surface area contributed by atoms with Crippen molar-refractivity contribution in [1.29, 1.82) is 0 Å². The summed E-state index contributed by atoms with van der Waals surface area (Å²) in [6, 6.07) is 4.00. The Labute approximate surface area is 148 Å². The minimum Gasteiger partial charge on any atom is -0.465 e. The Morgan fingerprint density at radius 1 is 1.41 bits per heavy atom. The van der Waals surface area contributed by atoms with E-state index in [0.29, 0.717) is 4.47 Å². The maximum absolute atomic E-state index is 12.3. The van der Waals surface area contributed by atoms with Gasteiger partial charge < -0.3 is 17.7 Å². The predicted octanol–water partition coefficient (Wildman–Crippen LogP) is 0.169. The third kappa shape index (κ3) is 5.89.